The maximum absolute atomic E-state index is 12.6. The van der Waals surface area contributed by atoms with Crippen molar-refractivity contribution in [3.8, 4) is 5.75 Å². The number of aromatic amines is 1. The Morgan fingerprint density at radius 3 is 2.75 bits per heavy atom. The first-order valence-electron chi connectivity index (χ1n) is 9.24. The number of benzene rings is 2. The van der Waals surface area contributed by atoms with E-state index in [1.807, 2.05) is 36.4 Å². The fourth-order valence-electron chi connectivity index (χ4n) is 3.54. The van der Waals surface area contributed by atoms with Gasteiger partial charge in [-0.2, -0.15) is 0 Å². The quantitative estimate of drug-likeness (QED) is 0.479. The summed E-state index contributed by atoms with van der Waals surface area (Å²) in [7, 11) is 1.63. The van der Waals surface area contributed by atoms with Gasteiger partial charge in [0.05, 0.1) is 13.5 Å². The summed E-state index contributed by atoms with van der Waals surface area (Å²) in [6.07, 6.45) is 2.36. The highest BCUT2D eigenvalue weighted by atomic mass is 32.1. The van der Waals surface area contributed by atoms with Gasteiger partial charge in [-0.1, -0.05) is 42.5 Å². The monoisotopic (exact) mass is 390 g/mol. The Labute approximate surface area is 168 Å². The molecule has 1 amide bonds. The van der Waals surface area contributed by atoms with E-state index in [4.69, 9.17) is 4.74 Å². The average Bonchev–Trinajstić information content (AvgIpc) is 3.39. The first kappa shape index (κ1) is 18.3. The molecule has 2 aromatic heterocycles. The van der Waals surface area contributed by atoms with Gasteiger partial charge in [-0.25, -0.2) is 0 Å². The lowest BCUT2D eigenvalue weighted by Gasteiger charge is -2.17. The highest BCUT2D eigenvalue weighted by Crippen LogP contribution is 2.32. The van der Waals surface area contributed by atoms with Crippen LogP contribution in [0.25, 0.3) is 10.9 Å². The van der Waals surface area contributed by atoms with Gasteiger partial charge < -0.3 is 15.0 Å². The lowest BCUT2D eigenvalue weighted by atomic mass is 9.96. The summed E-state index contributed by atoms with van der Waals surface area (Å²) in [6.45, 7) is 0.552. The van der Waals surface area contributed by atoms with Crippen molar-refractivity contribution in [2.75, 3.05) is 13.7 Å². The lowest BCUT2D eigenvalue weighted by Crippen LogP contribution is -2.30. The van der Waals surface area contributed by atoms with Crippen molar-refractivity contribution in [2.24, 2.45) is 0 Å². The first-order chi connectivity index (χ1) is 13.8. The third-order valence-corrected chi connectivity index (χ3v) is 5.92. The van der Waals surface area contributed by atoms with Crippen molar-refractivity contribution in [3.63, 3.8) is 0 Å². The topological polar surface area (TPSA) is 54.1 Å². The largest absolute Gasteiger partial charge is 0.496 e. The van der Waals surface area contributed by atoms with Crippen molar-refractivity contribution in [3.05, 3.63) is 88.2 Å². The number of hydrogen-bond acceptors (Lipinski definition) is 3. The molecule has 4 aromatic rings. The summed E-state index contributed by atoms with van der Waals surface area (Å²) in [5.74, 6) is 0.841. The van der Waals surface area contributed by atoms with Crippen LogP contribution in [0.1, 0.15) is 21.9 Å². The highest BCUT2D eigenvalue weighted by Gasteiger charge is 2.20. The predicted octanol–water partition coefficient (Wildman–Crippen LogP) is 4.73. The number of H-pyrrole nitrogens is 1. The van der Waals surface area contributed by atoms with E-state index in [1.165, 1.54) is 15.8 Å². The molecule has 1 atom stereocenters. The Morgan fingerprint density at radius 1 is 1.11 bits per heavy atom. The van der Waals surface area contributed by atoms with E-state index in [-0.39, 0.29) is 11.8 Å². The van der Waals surface area contributed by atoms with E-state index >= 15 is 0 Å². The molecule has 0 bridgehead atoms. The van der Waals surface area contributed by atoms with Crippen LogP contribution >= 0.6 is 11.3 Å². The van der Waals surface area contributed by atoms with Gasteiger partial charge in [-0.05, 0) is 29.1 Å². The van der Waals surface area contributed by atoms with Crippen molar-refractivity contribution >= 4 is 28.1 Å². The zero-order valence-electron chi connectivity index (χ0n) is 15.6. The van der Waals surface area contributed by atoms with Crippen LogP contribution in [0, 0.1) is 0 Å². The molecule has 0 aliphatic heterocycles. The molecule has 5 heteroatoms. The van der Waals surface area contributed by atoms with E-state index in [9.17, 15) is 4.79 Å². The van der Waals surface area contributed by atoms with Crippen molar-refractivity contribution in [1.82, 2.24) is 10.3 Å². The molecule has 2 heterocycles. The van der Waals surface area contributed by atoms with Crippen LogP contribution in [0.3, 0.4) is 0 Å². The number of methoxy groups -OCH3 is 1. The molecule has 0 aliphatic rings. The summed E-state index contributed by atoms with van der Waals surface area (Å²) in [4.78, 5) is 17.2. The molecule has 142 valence electrons. The Balaban J connectivity index is 1.53. The number of thiophene rings is 1. The number of para-hydroxylation sites is 2. The number of carbonyl (C=O) groups excluding carboxylic acids is 1. The van der Waals surface area contributed by atoms with Crippen LogP contribution in [-0.2, 0) is 11.2 Å². The number of carbonyl (C=O) groups is 1. The van der Waals surface area contributed by atoms with Gasteiger partial charge in [-0.3, -0.25) is 4.79 Å². The molecule has 0 saturated carbocycles. The number of nitrogens with one attached hydrogen (secondary N) is 2. The molecule has 0 spiro atoms. The van der Waals surface area contributed by atoms with Gasteiger partial charge in [0.15, 0.2) is 0 Å². The van der Waals surface area contributed by atoms with Crippen LogP contribution in [-0.4, -0.2) is 24.5 Å². The maximum Gasteiger partial charge on any atom is 0.224 e. The van der Waals surface area contributed by atoms with Crippen LogP contribution in [0.4, 0.5) is 0 Å². The van der Waals surface area contributed by atoms with E-state index in [0.29, 0.717) is 13.0 Å². The molecule has 0 fully saturated rings. The molecule has 4 nitrogen and oxygen atoms in total. The Bertz CT molecular complexity index is 1070. The van der Waals surface area contributed by atoms with E-state index in [2.05, 4.69) is 46.1 Å². The molecule has 28 heavy (non-hydrogen) atoms. The number of amides is 1. The zero-order valence-corrected chi connectivity index (χ0v) is 16.5. The van der Waals surface area contributed by atoms with Gasteiger partial charge in [0.1, 0.15) is 5.75 Å². The standard InChI is InChI=1S/C23H22N2O2S/c1-27-21-10-5-2-7-16(21)13-23(26)25-15-19(22-11-6-12-28-22)18-14-24-20-9-4-3-8-17(18)20/h2-12,14,19,24H,13,15H2,1H3,(H,25,26). The van der Waals surface area contributed by atoms with Gasteiger partial charge >= 0.3 is 0 Å². The predicted molar refractivity (Wildman–Crippen MR) is 114 cm³/mol. The maximum atomic E-state index is 12.6. The minimum absolute atomic E-state index is 0.00843. The number of fused-ring (bicyclic) bond motifs is 1. The molecule has 2 aromatic carbocycles. The third kappa shape index (κ3) is 3.80. The van der Waals surface area contributed by atoms with Gasteiger partial charge in [0, 0.05) is 40.0 Å². The second-order valence-electron chi connectivity index (χ2n) is 6.65. The van der Waals surface area contributed by atoms with E-state index < -0.39 is 0 Å². The van der Waals surface area contributed by atoms with Crippen molar-refractivity contribution in [1.29, 1.82) is 0 Å². The number of aromatic nitrogens is 1. The Hall–Kier alpha value is -3.05. The molecule has 0 saturated heterocycles. The molecule has 4 rings (SSSR count). The smallest absolute Gasteiger partial charge is 0.224 e. The van der Waals surface area contributed by atoms with Crippen LogP contribution < -0.4 is 10.1 Å². The highest BCUT2D eigenvalue weighted by molar-refractivity contribution is 7.10. The van der Waals surface area contributed by atoms with Crippen LogP contribution in [0.15, 0.2) is 72.2 Å². The van der Waals surface area contributed by atoms with Gasteiger partial charge in [-0.15, -0.1) is 11.3 Å². The van der Waals surface area contributed by atoms with Crippen LogP contribution in [0.2, 0.25) is 0 Å². The number of hydrogen-bond donors (Lipinski definition) is 2. The first-order valence-corrected chi connectivity index (χ1v) is 10.1. The molecular formula is C23H22N2O2S. The number of rotatable bonds is 7. The number of ether oxygens (including phenoxy) is 1. The second kappa shape index (κ2) is 8.31. The zero-order chi connectivity index (χ0) is 19.3. The normalized spacial score (nSPS) is 12.0. The van der Waals surface area contributed by atoms with Crippen LogP contribution in [0.5, 0.6) is 5.75 Å². The molecular weight excluding hydrogens is 368 g/mol. The summed E-state index contributed by atoms with van der Waals surface area (Å²) >= 11 is 1.71. The summed E-state index contributed by atoms with van der Waals surface area (Å²) in [5, 5.41) is 6.39. The van der Waals surface area contributed by atoms with E-state index in [1.54, 1.807) is 18.4 Å². The molecule has 0 radical (unpaired) electrons. The summed E-state index contributed by atoms with van der Waals surface area (Å²) < 4.78 is 5.36. The minimum atomic E-state index is -0.00843. The second-order valence-corrected chi connectivity index (χ2v) is 7.63. The van der Waals surface area contributed by atoms with E-state index in [0.717, 1.165) is 16.8 Å². The summed E-state index contributed by atoms with van der Waals surface area (Å²) in [6, 6.07) is 20.1. The van der Waals surface area contributed by atoms with Gasteiger partial charge in [0.2, 0.25) is 5.91 Å². The van der Waals surface area contributed by atoms with Crippen molar-refractivity contribution < 1.29 is 9.53 Å². The van der Waals surface area contributed by atoms with Crippen molar-refractivity contribution in [2.45, 2.75) is 12.3 Å². The Kier molecular flexibility index (Phi) is 5.44. The molecule has 0 aliphatic carbocycles. The molecule has 2 N–H and O–H groups in total. The molecule has 1 unspecified atom stereocenters. The minimum Gasteiger partial charge on any atom is -0.496 e. The Morgan fingerprint density at radius 2 is 1.93 bits per heavy atom. The SMILES string of the molecule is COc1ccccc1CC(=O)NCC(c1cccs1)c1c[nH]c2ccccc12. The fourth-order valence-corrected chi connectivity index (χ4v) is 4.38. The fraction of sp³-hybridized carbons (Fsp3) is 0.174. The summed E-state index contributed by atoms with van der Waals surface area (Å²) in [5.41, 5.74) is 3.21. The van der Waals surface area contributed by atoms with Gasteiger partial charge in [0.25, 0.3) is 0 Å². The average molecular weight is 391 g/mol. The third-order valence-electron chi connectivity index (χ3n) is 4.93. The lowest BCUT2D eigenvalue weighted by molar-refractivity contribution is -0.120.